The first-order valence-electron chi connectivity index (χ1n) is 4.03. The van der Waals surface area contributed by atoms with E-state index in [1.807, 2.05) is 14.2 Å². The largest absolute Gasteiger partial charge is 0.377 e. The van der Waals surface area contributed by atoms with Crippen molar-refractivity contribution >= 4 is 0 Å². The summed E-state index contributed by atoms with van der Waals surface area (Å²) >= 11 is 0. The molecule has 1 rings (SSSR count). The van der Waals surface area contributed by atoms with Crippen LogP contribution in [-0.4, -0.2) is 26.3 Å². The van der Waals surface area contributed by atoms with Crippen molar-refractivity contribution in [3.63, 3.8) is 0 Å². The van der Waals surface area contributed by atoms with E-state index in [2.05, 4.69) is 5.32 Å². The van der Waals surface area contributed by atoms with Crippen LogP contribution in [-0.2, 0) is 4.74 Å². The molecule has 60 valence electrons. The lowest BCUT2D eigenvalue weighted by Crippen LogP contribution is -2.38. The molecule has 0 atom stereocenters. The van der Waals surface area contributed by atoms with E-state index in [-0.39, 0.29) is 5.60 Å². The van der Waals surface area contributed by atoms with Crippen molar-refractivity contribution in [2.75, 3.05) is 20.7 Å². The molecule has 1 aliphatic rings. The Bertz CT molecular complexity index is 97.4. The van der Waals surface area contributed by atoms with Gasteiger partial charge in [0.1, 0.15) is 0 Å². The number of rotatable bonds is 3. The highest BCUT2D eigenvalue weighted by Gasteiger charge is 2.32. The minimum Gasteiger partial charge on any atom is -0.377 e. The molecule has 10 heavy (non-hydrogen) atoms. The Balaban J connectivity index is 2.41. The van der Waals surface area contributed by atoms with E-state index in [9.17, 15) is 0 Å². The Morgan fingerprint density at radius 1 is 1.40 bits per heavy atom. The molecule has 0 heterocycles. The van der Waals surface area contributed by atoms with Gasteiger partial charge in [-0.2, -0.15) is 0 Å². The van der Waals surface area contributed by atoms with Crippen LogP contribution in [0.15, 0.2) is 0 Å². The third-order valence-corrected chi connectivity index (χ3v) is 2.45. The number of hydrogen-bond acceptors (Lipinski definition) is 2. The van der Waals surface area contributed by atoms with Crippen molar-refractivity contribution in [2.24, 2.45) is 0 Å². The minimum atomic E-state index is 0.175. The lowest BCUT2D eigenvalue weighted by Gasteiger charge is -2.26. The second-order valence-corrected chi connectivity index (χ2v) is 3.12. The van der Waals surface area contributed by atoms with E-state index in [0.29, 0.717) is 0 Å². The predicted molar refractivity (Wildman–Crippen MR) is 42.1 cm³/mol. The summed E-state index contributed by atoms with van der Waals surface area (Å²) in [5, 5.41) is 3.18. The second kappa shape index (κ2) is 3.35. The van der Waals surface area contributed by atoms with Crippen LogP contribution in [0.1, 0.15) is 25.7 Å². The summed E-state index contributed by atoms with van der Waals surface area (Å²) in [5.74, 6) is 0. The molecule has 0 radical (unpaired) electrons. The van der Waals surface area contributed by atoms with Crippen molar-refractivity contribution in [3.05, 3.63) is 0 Å². The zero-order chi connectivity index (χ0) is 7.45. The van der Waals surface area contributed by atoms with Crippen molar-refractivity contribution < 1.29 is 4.74 Å². The summed E-state index contributed by atoms with van der Waals surface area (Å²) in [5.41, 5.74) is 0.175. The molecule has 1 N–H and O–H groups in total. The summed E-state index contributed by atoms with van der Waals surface area (Å²) in [7, 11) is 3.81. The van der Waals surface area contributed by atoms with Crippen molar-refractivity contribution in [3.8, 4) is 0 Å². The van der Waals surface area contributed by atoms with Gasteiger partial charge >= 0.3 is 0 Å². The number of likely N-dealkylation sites (N-methyl/N-ethyl adjacent to an activating group) is 1. The maximum absolute atomic E-state index is 5.48. The molecule has 0 amide bonds. The average molecular weight is 143 g/mol. The topological polar surface area (TPSA) is 21.3 Å². The van der Waals surface area contributed by atoms with E-state index in [4.69, 9.17) is 4.74 Å². The second-order valence-electron chi connectivity index (χ2n) is 3.12. The van der Waals surface area contributed by atoms with E-state index in [1.54, 1.807) is 0 Å². The van der Waals surface area contributed by atoms with Crippen LogP contribution in [0.5, 0.6) is 0 Å². The zero-order valence-corrected chi connectivity index (χ0v) is 6.94. The maximum atomic E-state index is 5.48. The Kier molecular flexibility index (Phi) is 2.69. The summed E-state index contributed by atoms with van der Waals surface area (Å²) in [6.07, 6.45) is 5.11. The summed E-state index contributed by atoms with van der Waals surface area (Å²) in [6, 6.07) is 0. The average Bonchev–Trinajstić information content (AvgIpc) is 2.39. The first-order chi connectivity index (χ1) is 4.83. The van der Waals surface area contributed by atoms with E-state index in [1.165, 1.54) is 25.7 Å². The van der Waals surface area contributed by atoms with Crippen LogP contribution in [0.2, 0.25) is 0 Å². The van der Waals surface area contributed by atoms with E-state index < -0.39 is 0 Å². The fourth-order valence-corrected chi connectivity index (χ4v) is 1.79. The first kappa shape index (κ1) is 8.02. The third kappa shape index (κ3) is 1.50. The van der Waals surface area contributed by atoms with Crippen LogP contribution in [0.4, 0.5) is 0 Å². The SMILES string of the molecule is CNCC1(OC)CCCC1. The summed E-state index contributed by atoms with van der Waals surface area (Å²) in [6.45, 7) is 1.00. The molecule has 0 bridgehead atoms. The molecule has 1 aliphatic carbocycles. The molecule has 0 aromatic heterocycles. The van der Waals surface area contributed by atoms with Gasteiger partial charge < -0.3 is 10.1 Å². The molecular formula is C8H17NO. The summed E-state index contributed by atoms with van der Waals surface area (Å²) in [4.78, 5) is 0. The van der Waals surface area contributed by atoms with Crippen LogP contribution in [0, 0.1) is 0 Å². The van der Waals surface area contributed by atoms with Gasteiger partial charge in [0, 0.05) is 13.7 Å². The molecule has 0 unspecified atom stereocenters. The van der Waals surface area contributed by atoms with Crippen molar-refractivity contribution in [2.45, 2.75) is 31.3 Å². The number of nitrogens with one attached hydrogen (secondary N) is 1. The zero-order valence-electron chi connectivity index (χ0n) is 6.94. The Morgan fingerprint density at radius 2 is 2.00 bits per heavy atom. The van der Waals surface area contributed by atoms with Gasteiger partial charge in [-0.25, -0.2) is 0 Å². The van der Waals surface area contributed by atoms with Crippen molar-refractivity contribution in [1.82, 2.24) is 5.32 Å². The molecular weight excluding hydrogens is 126 g/mol. The van der Waals surface area contributed by atoms with Crippen molar-refractivity contribution in [1.29, 1.82) is 0 Å². The van der Waals surface area contributed by atoms with Gasteiger partial charge in [-0.1, -0.05) is 12.8 Å². The quantitative estimate of drug-likeness (QED) is 0.640. The van der Waals surface area contributed by atoms with Gasteiger partial charge in [-0.3, -0.25) is 0 Å². The Morgan fingerprint density at radius 3 is 2.40 bits per heavy atom. The van der Waals surface area contributed by atoms with Gasteiger partial charge in [0.2, 0.25) is 0 Å². The highest BCUT2D eigenvalue weighted by Crippen LogP contribution is 2.31. The van der Waals surface area contributed by atoms with Gasteiger partial charge in [-0.05, 0) is 19.9 Å². The highest BCUT2D eigenvalue weighted by molar-refractivity contribution is 4.87. The molecule has 0 aliphatic heterocycles. The lowest BCUT2D eigenvalue weighted by molar-refractivity contribution is -0.00174. The fraction of sp³-hybridized carbons (Fsp3) is 1.00. The molecule has 2 nitrogen and oxygen atoms in total. The molecule has 1 fully saturated rings. The molecule has 0 aromatic carbocycles. The monoisotopic (exact) mass is 143 g/mol. The van der Waals surface area contributed by atoms with Gasteiger partial charge in [0.25, 0.3) is 0 Å². The third-order valence-electron chi connectivity index (χ3n) is 2.45. The summed E-state index contributed by atoms with van der Waals surface area (Å²) < 4.78 is 5.48. The molecule has 0 saturated heterocycles. The first-order valence-corrected chi connectivity index (χ1v) is 4.03. The van der Waals surface area contributed by atoms with Crippen LogP contribution < -0.4 is 5.32 Å². The van der Waals surface area contributed by atoms with Gasteiger partial charge in [0.05, 0.1) is 5.60 Å². The van der Waals surface area contributed by atoms with Crippen LogP contribution >= 0.6 is 0 Å². The lowest BCUT2D eigenvalue weighted by atomic mass is 10.0. The van der Waals surface area contributed by atoms with E-state index >= 15 is 0 Å². The highest BCUT2D eigenvalue weighted by atomic mass is 16.5. The Labute approximate surface area is 63.0 Å². The number of hydrogen-bond donors (Lipinski definition) is 1. The molecule has 2 heteroatoms. The molecule has 0 spiro atoms. The smallest absolute Gasteiger partial charge is 0.0802 e. The molecule has 0 aromatic rings. The predicted octanol–water partition coefficient (Wildman–Crippen LogP) is 1.16. The fourth-order valence-electron chi connectivity index (χ4n) is 1.79. The van der Waals surface area contributed by atoms with E-state index in [0.717, 1.165) is 6.54 Å². The van der Waals surface area contributed by atoms with Gasteiger partial charge in [-0.15, -0.1) is 0 Å². The molecule has 1 saturated carbocycles. The van der Waals surface area contributed by atoms with Crippen LogP contribution in [0.3, 0.4) is 0 Å². The maximum Gasteiger partial charge on any atom is 0.0802 e. The Hall–Kier alpha value is -0.0800. The number of methoxy groups -OCH3 is 1. The number of ether oxygens (including phenoxy) is 1. The van der Waals surface area contributed by atoms with Crippen LogP contribution in [0.25, 0.3) is 0 Å². The standard InChI is InChI=1S/C8H17NO/c1-9-7-8(10-2)5-3-4-6-8/h9H,3-7H2,1-2H3. The normalized spacial score (nSPS) is 23.4. The van der Waals surface area contributed by atoms with Gasteiger partial charge in [0.15, 0.2) is 0 Å². The minimum absolute atomic E-state index is 0.175.